The quantitative estimate of drug-likeness (QED) is 0.670. The summed E-state index contributed by atoms with van der Waals surface area (Å²) >= 11 is 0. The maximum Gasteiger partial charge on any atom is 0.335 e. The Balaban J connectivity index is 1.98. The summed E-state index contributed by atoms with van der Waals surface area (Å²) in [6, 6.07) is 3.29. The van der Waals surface area contributed by atoms with Crippen molar-refractivity contribution in [2.24, 2.45) is 0 Å². The molecule has 1 heterocycles. The molecule has 1 aromatic carbocycles. The summed E-state index contributed by atoms with van der Waals surface area (Å²) in [7, 11) is 0. The maximum atomic E-state index is 12.8. The van der Waals surface area contributed by atoms with Crippen LogP contribution >= 0.6 is 0 Å². The molecule has 2 fully saturated rings. The molecule has 2 aliphatic rings. The number of nitro benzene ring substituents is 1. The number of rotatable bonds is 3. The van der Waals surface area contributed by atoms with E-state index in [0.29, 0.717) is 19.8 Å². The second-order valence-corrected chi connectivity index (χ2v) is 5.92. The minimum absolute atomic E-state index is 0.0322. The number of carboxylic acids is 1. The first-order chi connectivity index (χ1) is 10.9. The molecule has 3 rings (SSSR count). The molecule has 8 heteroatoms. The zero-order valence-corrected chi connectivity index (χ0v) is 12.4. The summed E-state index contributed by atoms with van der Waals surface area (Å²) in [5, 5.41) is 20.1. The molecule has 0 radical (unpaired) electrons. The Morgan fingerprint density at radius 3 is 2.52 bits per heavy atom. The van der Waals surface area contributed by atoms with Crippen molar-refractivity contribution in [1.82, 2.24) is 4.90 Å². The summed E-state index contributed by atoms with van der Waals surface area (Å²) < 4.78 is 5.47. The molecule has 0 bridgehead atoms. The van der Waals surface area contributed by atoms with Crippen molar-refractivity contribution in [2.75, 3.05) is 19.8 Å². The smallest absolute Gasteiger partial charge is 0.335 e. The van der Waals surface area contributed by atoms with Crippen LogP contribution in [0.2, 0.25) is 0 Å². The standard InChI is InChI=1S/C15H16N2O6/c18-13(16-4-5-23-9-15(16)2-1-3-15)10-6-11(14(19)20)8-12(7-10)17(21)22/h6-8H,1-5,9H2,(H,19,20). The van der Waals surface area contributed by atoms with Crippen molar-refractivity contribution in [3.63, 3.8) is 0 Å². The number of carbonyl (C=O) groups is 2. The Morgan fingerprint density at radius 1 is 1.26 bits per heavy atom. The third kappa shape index (κ3) is 2.65. The summed E-state index contributed by atoms with van der Waals surface area (Å²) in [6.07, 6.45) is 2.67. The molecule has 1 saturated carbocycles. The molecule has 8 nitrogen and oxygen atoms in total. The van der Waals surface area contributed by atoms with E-state index in [0.717, 1.165) is 31.4 Å². The molecular weight excluding hydrogens is 304 g/mol. The molecule has 0 atom stereocenters. The van der Waals surface area contributed by atoms with Gasteiger partial charge in [0.05, 0.1) is 29.2 Å². The van der Waals surface area contributed by atoms with Gasteiger partial charge in [0.2, 0.25) is 0 Å². The number of nitro groups is 1. The number of carbonyl (C=O) groups excluding carboxylic acids is 1. The zero-order valence-electron chi connectivity index (χ0n) is 12.4. The van der Waals surface area contributed by atoms with Crippen molar-refractivity contribution >= 4 is 17.6 Å². The number of amides is 1. The SMILES string of the molecule is O=C(O)c1cc(C(=O)N2CCOCC23CCC3)cc([N+](=O)[O-])c1. The molecule has 1 amide bonds. The first-order valence-electron chi connectivity index (χ1n) is 7.35. The van der Waals surface area contributed by atoms with Crippen molar-refractivity contribution in [1.29, 1.82) is 0 Å². The van der Waals surface area contributed by atoms with Gasteiger partial charge in [-0.1, -0.05) is 0 Å². The van der Waals surface area contributed by atoms with E-state index in [2.05, 4.69) is 0 Å². The van der Waals surface area contributed by atoms with E-state index in [1.165, 1.54) is 6.07 Å². The van der Waals surface area contributed by atoms with Gasteiger partial charge in [0.25, 0.3) is 11.6 Å². The minimum atomic E-state index is -1.30. The summed E-state index contributed by atoms with van der Waals surface area (Å²) in [4.78, 5) is 35.9. The highest BCUT2D eigenvalue weighted by Crippen LogP contribution is 2.40. The van der Waals surface area contributed by atoms with Crippen LogP contribution in [-0.2, 0) is 4.74 Å². The molecule has 1 N–H and O–H groups in total. The predicted molar refractivity (Wildman–Crippen MR) is 78.5 cm³/mol. The molecule has 0 unspecified atom stereocenters. The van der Waals surface area contributed by atoms with Gasteiger partial charge in [-0.15, -0.1) is 0 Å². The summed E-state index contributed by atoms with van der Waals surface area (Å²) in [6.45, 7) is 1.28. The monoisotopic (exact) mass is 320 g/mol. The van der Waals surface area contributed by atoms with Gasteiger partial charge in [-0.2, -0.15) is 0 Å². The number of hydrogen-bond donors (Lipinski definition) is 1. The minimum Gasteiger partial charge on any atom is -0.478 e. The lowest BCUT2D eigenvalue weighted by atomic mass is 9.75. The van der Waals surface area contributed by atoms with E-state index in [1.807, 2.05) is 0 Å². The topological polar surface area (TPSA) is 110 Å². The van der Waals surface area contributed by atoms with E-state index < -0.39 is 16.6 Å². The number of benzene rings is 1. The van der Waals surface area contributed by atoms with Gasteiger partial charge in [0, 0.05) is 24.2 Å². The highest BCUT2D eigenvalue weighted by atomic mass is 16.6. The van der Waals surface area contributed by atoms with E-state index >= 15 is 0 Å². The number of nitrogens with zero attached hydrogens (tertiary/aromatic N) is 2. The first-order valence-corrected chi connectivity index (χ1v) is 7.35. The Labute approximate surface area is 131 Å². The number of morpholine rings is 1. The molecule has 1 spiro atoms. The second-order valence-electron chi connectivity index (χ2n) is 5.92. The van der Waals surface area contributed by atoms with Crippen LogP contribution in [0.15, 0.2) is 18.2 Å². The molecule has 1 aliphatic heterocycles. The highest BCUT2D eigenvalue weighted by Gasteiger charge is 2.47. The molecule has 122 valence electrons. The summed E-state index contributed by atoms with van der Waals surface area (Å²) in [5.74, 6) is -1.68. The van der Waals surface area contributed by atoms with Crippen LogP contribution in [0.4, 0.5) is 5.69 Å². The fourth-order valence-corrected chi connectivity index (χ4v) is 3.17. The van der Waals surface area contributed by atoms with Gasteiger partial charge >= 0.3 is 5.97 Å². The molecular formula is C15H16N2O6. The maximum absolute atomic E-state index is 12.8. The van der Waals surface area contributed by atoms with Crippen molar-refractivity contribution in [2.45, 2.75) is 24.8 Å². The second kappa shape index (κ2) is 5.62. The summed E-state index contributed by atoms with van der Waals surface area (Å²) in [5.41, 5.74) is -0.976. The third-order valence-corrected chi connectivity index (χ3v) is 4.55. The lowest BCUT2D eigenvalue weighted by Gasteiger charge is -2.52. The predicted octanol–water partition coefficient (Wildman–Crippen LogP) is 1.69. The van der Waals surface area contributed by atoms with E-state index in [4.69, 9.17) is 9.84 Å². The Hall–Kier alpha value is -2.48. The lowest BCUT2D eigenvalue weighted by Crippen LogP contribution is -2.62. The zero-order chi connectivity index (χ0) is 16.6. The van der Waals surface area contributed by atoms with Gasteiger partial charge < -0.3 is 14.7 Å². The van der Waals surface area contributed by atoms with Crippen LogP contribution in [0.5, 0.6) is 0 Å². The van der Waals surface area contributed by atoms with Crippen molar-refractivity contribution < 1.29 is 24.4 Å². The average molecular weight is 320 g/mol. The van der Waals surface area contributed by atoms with E-state index in [1.54, 1.807) is 4.90 Å². The first kappa shape index (κ1) is 15.4. The molecule has 0 aromatic heterocycles. The van der Waals surface area contributed by atoms with Gasteiger partial charge in [-0.05, 0) is 25.3 Å². The van der Waals surface area contributed by atoms with Gasteiger partial charge in [0.15, 0.2) is 0 Å². The van der Waals surface area contributed by atoms with Gasteiger partial charge in [0.1, 0.15) is 0 Å². The van der Waals surface area contributed by atoms with E-state index in [-0.39, 0.29) is 22.6 Å². The van der Waals surface area contributed by atoms with Crippen LogP contribution < -0.4 is 0 Å². The van der Waals surface area contributed by atoms with Crippen LogP contribution in [0.3, 0.4) is 0 Å². The lowest BCUT2D eigenvalue weighted by molar-refractivity contribution is -0.384. The van der Waals surface area contributed by atoms with E-state index in [9.17, 15) is 19.7 Å². The molecule has 1 saturated heterocycles. The van der Waals surface area contributed by atoms with Crippen LogP contribution in [0.25, 0.3) is 0 Å². The Morgan fingerprint density at radius 2 is 1.96 bits per heavy atom. The Bertz CT molecular complexity index is 650. The van der Waals surface area contributed by atoms with Gasteiger partial charge in [-0.25, -0.2) is 4.79 Å². The number of hydrogen-bond acceptors (Lipinski definition) is 5. The number of ether oxygens (including phenoxy) is 1. The third-order valence-electron chi connectivity index (χ3n) is 4.55. The normalized spacial score (nSPS) is 19.2. The molecule has 23 heavy (non-hydrogen) atoms. The fourth-order valence-electron chi connectivity index (χ4n) is 3.17. The fraction of sp³-hybridized carbons (Fsp3) is 0.467. The average Bonchev–Trinajstić information content (AvgIpc) is 2.52. The number of non-ortho nitro benzene ring substituents is 1. The highest BCUT2D eigenvalue weighted by molar-refractivity contribution is 5.99. The van der Waals surface area contributed by atoms with Gasteiger partial charge in [-0.3, -0.25) is 14.9 Å². The van der Waals surface area contributed by atoms with Crippen molar-refractivity contribution in [3.05, 3.63) is 39.4 Å². The molecule has 1 aliphatic carbocycles. The Kier molecular flexibility index (Phi) is 3.77. The van der Waals surface area contributed by atoms with Crippen LogP contribution in [0, 0.1) is 10.1 Å². The van der Waals surface area contributed by atoms with Crippen LogP contribution in [0.1, 0.15) is 40.0 Å². The van der Waals surface area contributed by atoms with Crippen LogP contribution in [-0.4, -0.2) is 52.1 Å². The number of carboxylic acid groups (broad SMARTS) is 1. The number of aromatic carboxylic acids is 1. The largest absolute Gasteiger partial charge is 0.478 e. The van der Waals surface area contributed by atoms with Crippen molar-refractivity contribution in [3.8, 4) is 0 Å². The molecule has 1 aromatic rings.